The number of ether oxygens (including phenoxy) is 1. The van der Waals surface area contributed by atoms with Gasteiger partial charge in [-0.05, 0) is 19.8 Å². The number of fused-ring (bicyclic) bond motifs is 1. The Hall–Kier alpha value is -2.23. The number of rotatable bonds is 3. The quantitative estimate of drug-likeness (QED) is 0.819. The number of hydrogen-bond donors (Lipinski definition) is 0. The van der Waals surface area contributed by atoms with E-state index < -0.39 is 0 Å². The van der Waals surface area contributed by atoms with E-state index in [-0.39, 0.29) is 12.0 Å². The maximum atomic E-state index is 12.6. The van der Waals surface area contributed by atoms with Gasteiger partial charge in [0.05, 0.1) is 6.61 Å². The van der Waals surface area contributed by atoms with Crippen LogP contribution in [0, 0.1) is 0 Å². The first-order valence-corrected chi connectivity index (χ1v) is 8.92. The minimum atomic E-state index is -0.322. The highest BCUT2D eigenvalue weighted by Crippen LogP contribution is 2.39. The maximum absolute atomic E-state index is 12.6. The summed E-state index contributed by atoms with van der Waals surface area (Å²) in [7, 11) is 0. The molecule has 10 heteroatoms. The van der Waals surface area contributed by atoms with Gasteiger partial charge in [0, 0.05) is 32.1 Å². The Morgan fingerprint density at radius 2 is 1.88 bits per heavy atom. The lowest BCUT2D eigenvalue weighted by atomic mass is 10.3. The molecule has 128 valence electrons. The average molecular weight is 350 g/mol. The van der Waals surface area contributed by atoms with Crippen LogP contribution in [-0.2, 0) is 4.74 Å². The Balaban J connectivity index is 1.44. The smallest absolute Gasteiger partial charge is 0.409 e. The number of piperazine rings is 1. The standard InChI is InChI=1S/C14H18N6O3S/c1-2-23-14(22)19-7-5-18(6-8-19)12(21)11-17-20-10(9-3-4-9)15-16-13(20)24-11/h9H,2-8H2,1H3. The first-order valence-electron chi connectivity index (χ1n) is 8.10. The van der Waals surface area contributed by atoms with Gasteiger partial charge in [0.25, 0.3) is 5.91 Å². The molecule has 2 aromatic heterocycles. The van der Waals surface area contributed by atoms with Gasteiger partial charge in [0.15, 0.2) is 5.82 Å². The first kappa shape index (κ1) is 15.3. The van der Waals surface area contributed by atoms with Crippen LogP contribution in [0.1, 0.15) is 41.3 Å². The van der Waals surface area contributed by atoms with Crippen LogP contribution in [0.4, 0.5) is 4.79 Å². The molecule has 0 N–H and O–H groups in total. The second-order valence-corrected chi connectivity index (χ2v) is 6.87. The predicted molar refractivity (Wildman–Crippen MR) is 85.1 cm³/mol. The lowest BCUT2D eigenvalue weighted by Gasteiger charge is -2.33. The number of aromatic nitrogens is 4. The third kappa shape index (κ3) is 2.70. The van der Waals surface area contributed by atoms with Crippen LogP contribution in [0.25, 0.3) is 4.96 Å². The molecular formula is C14H18N6O3S. The third-order valence-electron chi connectivity index (χ3n) is 4.23. The zero-order valence-electron chi connectivity index (χ0n) is 13.3. The Morgan fingerprint density at radius 3 is 2.54 bits per heavy atom. The number of hydrogen-bond acceptors (Lipinski definition) is 7. The second kappa shape index (κ2) is 6.00. The van der Waals surface area contributed by atoms with E-state index in [2.05, 4.69) is 15.3 Å². The lowest BCUT2D eigenvalue weighted by Crippen LogP contribution is -2.50. The molecular weight excluding hydrogens is 332 g/mol. The molecule has 2 amide bonds. The van der Waals surface area contributed by atoms with Crippen molar-refractivity contribution in [3.63, 3.8) is 0 Å². The van der Waals surface area contributed by atoms with Crippen molar-refractivity contribution in [3.8, 4) is 0 Å². The van der Waals surface area contributed by atoms with Crippen LogP contribution in [0.15, 0.2) is 0 Å². The van der Waals surface area contributed by atoms with E-state index in [1.165, 1.54) is 11.3 Å². The topological polar surface area (TPSA) is 92.9 Å². The SMILES string of the molecule is CCOC(=O)N1CCN(C(=O)c2nn3c(C4CC4)nnc3s2)CC1. The maximum Gasteiger partial charge on any atom is 0.409 e. The van der Waals surface area contributed by atoms with Crippen molar-refractivity contribution < 1.29 is 14.3 Å². The largest absolute Gasteiger partial charge is 0.450 e. The van der Waals surface area contributed by atoms with Crippen molar-refractivity contribution in [3.05, 3.63) is 10.8 Å². The Labute approximate surface area is 142 Å². The number of carbonyl (C=O) groups is 2. The van der Waals surface area contributed by atoms with Crippen molar-refractivity contribution in [2.45, 2.75) is 25.7 Å². The van der Waals surface area contributed by atoms with Crippen LogP contribution >= 0.6 is 11.3 Å². The summed E-state index contributed by atoms with van der Waals surface area (Å²) in [5.74, 6) is 1.17. The molecule has 3 heterocycles. The molecule has 4 rings (SSSR count). The normalized spacial score (nSPS) is 18.2. The monoisotopic (exact) mass is 350 g/mol. The summed E-state index contributed by atoms with van der Waals surface area (Å²) in [6.45, 7) is 4.04. The molecule has 2 aromatic rings. The van der Waals surface area contributed by atoms with Crippen molar-refractivity contribution in [2.75, 3.05) is 32.8 Å². The van der Waals surface area contributed by atoms with Crippen LogP contribution in [-0.4, -0.2) is 74.4 Å². The van der Waals surface area contributed by atoms with Crippen molar-refractivity contribution >= 4 is 28.3 Å². The molecule has 1 saturated carbocycles. The molecule has 0 bridgehead atoms. The highest BCUT2D eigenvalue weighted by Gasteiger charge is 2.32. The molecule has 2 fully saturated rings. The van der Waals surface area contributed by atoms with E-state index in [9.17, 15) is 9.59 Å². The molecule has 24 heavy (non-hydrogen) atoms. The average Bonchev–Trinajstić information content (AvgIpc) is 3.22. The van der Waals surface area contributed by atoms with Crippen molar-refractivity contribution in [1.29, 1.82) is 0 Å². The molecule has 0 unspecified atom stereocenters. The molecule has 0 aromatic carbocycles. The summed E-state index contributed by atoms with van der Waals surface area (Å²) >= 11 is 1.26. The number of carbonyl (C=O) groups excluding carboxylic acids is 2. The minimum absolute atomic E-state index is 0.115. The summed E-state index contributed by atoms with van der Waals surface area (Å²) in [4.78, 5) is 28.4. The van der Waals surface area contributed by atoms with E-state index in [0.717, 1.165) is 18.7 Å². The van der Waals surface area contributed by atoms with E-state index in [1.54, 1.807) is 21.2 Å². The lowest BCUT2D eigenvalue weighted by molar-refractivity contribution is 0.0569. The number of amides is 2. The summed E-state index contributed by atoms with van der Waals surface area (Å²) in [5.41, 5.74) is 0. The van der Waals surface area contributed by atoms with E-state index in [0.29, 0.717) is 48.7 Å². The summed E-state index contributed by atoms with van der Waals surface area (Å²) in [5, 5.41) is 13.1. The van der Waals surface area contributed by atoms with Gasteiger partial charge in [-0.25, -0.2) is 4.79 Å². The second-order valence-electron chi connectivity index (χ2n) is 5.91. The number of nitrogens with zero attached hydrogens (tertiary/aromatic N) is 6. The Morgan fingerprint density at radius 1 is 1.17 bits per heavy atom. The summed E-state index contributed by atoms with van der Waals surface area (Å²) in [6.07, 6.45) is 1.90. The van der Waals surface area contributed by atoms with Gasteiger partial charge in [0.1, 0.15) is 0 Å². The van der Waals surface area contributed by atoms with Crippen LogP contribution in [0.2, 0.25) is 0 Å². The fourth-order valence-electron chi connectivity index (χ4n) is 2.76. The van der Waals surface area contributed by atoms with Gasteiger partial charge < -0.3 is 14.5 Å². The zero-order chi connectivity index (χ0) is 16.7. The van der Waals surface area contributed by atoms with Gasteiger partial charge in [-0.2, -0.15) is 4.52 Å². The Bertz CT molecular complexity index is 775. The molecule has 1 aliphatic heterocycles. The fraction of sp³-hybridized carbons (Fsp3) is 0.643. The van der Waals surface area contributed by atoms with Gasteiger partial charge in [-0.3, -0.25) is 4.79 Å². The molecule has 0 radical (unpaired) electrons. The van der Waals surface area contributed by atoms with Gasteiger partial charge in [-0.15, -0.1) is 15.3 Å². The molecule has 9 nitrogen and oxygen atoms in total. The van der Waals surface area contributed by atoms with E-state index >= 15 is 0 Å². The molecule has 0 atom stereocenters. The van der Waals surface area contributed by atoms with Gasteiger partial charge in [0.2, 0.25) is 9.97 Å². The zero-order valence-corrected chi connectivity index (χ0v) is 14.2. The van der Waals surface area contributed by atoms with Crippen LogP contribution in [0.5, 0.6) is 0 Å². The van der Waals surface area contributed by atoms with Gasteiger partial charge in [-0.1, -0.05) is 11.3 Å². The summed E-state index contributed by atoms with van der Waals surface area (Å²) in [6, 6.07) is 0. The minimum Gasteiger partial charge on any atom is -0.450 e. The first-order chi connectivity index (χ1) is 11.7. The molecule has 0 spiro atoms. The van der Waals surface area contributed by atoms with Crippen LogP contribution < -0.4 is 0 Å². The molecule has 2 aliphatic rings. The van der Waals surface area contributed by atoms with Crippen molar-refractivity contribution in [1.82, 2.24) is 29.6 Å². The van der Waals surface area contributed by atoms with Crippen molar-refractivity contribution in [2.24, 2.45) is 0 Å². The van der Waals surface area contributed by atoms with E-state index in [1.807, 2.05) is 0 Å². The Kier molecular flexibility index (Phi) is 3.83. The molecule has 1 saturated heterocycles. The van der Waals surface area contributed by atoms with E-state index in [4.69, 9.17) is 4.74 Å². The van der Waals surface area contributed by atoms with Gasteiger partial charge >= 0.3 is 6.09 Å². The summed E-state index contributed by atoms with van der Waals surface area (Å²) < 4.78 is 6.69. The predicted octanol–water partition coefficient (Wildman–Crippen LogP) is 0.977. The highest BCUT2D eigenvalue weighted by atomic mass is 32.1. The van der Waals surface area contributed by atoms with Crippen LogP contribution in [0.3, 0.4) is 0 Å². The molecule has 1 aliphatic carbocycles. The highest BCUT2D eigenvalue weighted by molar-refractivity contribution is 7.18. The fourth-order valence-corrected chi connectivity index (χ4v) is 3.57. The third-order valence-corrected chi connectivity index (χ3v) is 5.12.